The van der Waals surface area contributed by atoms with Crippen molar-refractivity contribution in [1.82, 2.24) is 4.31 Å². The molecule has 9 heteroatoms. The normalized spacial score (nSPS) is 16.4. The van der Waals surface area contributed by atoms with Gasteiger partial charge in [0, 0.05) is 18.0 Å². The Labute approximate surface area is 116 Å². The molecule has 1 aromatic carbocycles. The first-order valence-corrected chi connectivity index (χ1v) is 7.34. The standard InChI is InChI=1S/C11H14N4O4S/c1-18-11-3-2-9(8-10(11)13-14-12)20(16,17)15-4-6-19-7-5-15/h2-3,8H,4-7H2,1H3. The van der Waals surface area contributed by atoms with Gasteiger partial charge in [0.05, 0.1) is 30.9 Å². The molecule has 0 unspecified atom stereocenters. The number of ether oxygens (including phenoxy) is 2. The highest BCUT2D eigenvalue weighted by Crippen LogP contribution is 2.31. The predicted octanol–water partition coefficient (Wildman–Crippen LogP) is 1.66. The van der Waals surface area contributed by atoms with Crippen molar-refractivity contribution in [2.24, 2.45) is 5.11 Å². The van der Waals surface area contributed by atoms with Crippen molar-refractivity contribution < 1.29 is 17.9 Å². The fourth-order valence-electron chi connectivity index (χ4n) is 1.89. The molecule has 1 saturated heterocycles. The van der Waals surface area contributed by atoms with Crippen molar-refractivity contribution in [3.05, 3.63) is 28.6 Å². The number of benzene rings is 1. The zero-order valence-electron chi connectivity index (χ0n) is 10.9. The molecule has 1 heterocycles. The van der Waals surface area contributed by atoms with Gasteiger partial charge in [-0.2, -0.15) is 4.31 Å². The molecular formula is C11H14N4O4S. The van der Waals surface area contributed by atoms with E-state index in [1.807, 2.05) is 0 Å². The molecule has 1 fully saturated rings. The Morgan fingerprint density at radius 1 is 1.40 bits per heavy atom. The van der Waals surface area contributed by atoms with Gasteiger partial charge >= 0.3 is 0 Å². The zero-order valence-corrected chi connectivity index (χ0v) is 11.7. The van der Waals surface area contributed by atoms with E-state index in [1.54, 1.807) is 0 Å². The van der Waals surface area contributed by atoms with Gasteiger partial charge in [0.1, 0.15) is 5.75 Å². The molecule has 0 bridgehead atoms. The number of rotatable bonds is 4. The van der Waals surface area contributed by atoms with Crippen LogP contribution in [0.5, 0.6) is 5.75 Å². The minimum absolute atomic E-state index is 0.0719. The van der Waals surface area contributed by atoms with Crippen molar-refractivity contribution in [3.63, 3.8) is 0 Å². The van der Waals surface area contributed by atoms with Gasteiger partial charge < -0.3 is 9.47 Å². The summed E-state index contributed by atoms with van der Waals surface area (Å²) in [6, 6.07) is 4.21. The van der Waals surface area contributed by atoms with Crippen LogP contribution in [-0.4, -0.2) is 46.1 Å². The SMILES string of the molecule is COc1ccc(S(=O)(=O)N2CCOCC2)cc1N=[N+]=[N-]. The number of azide groups is 1. The number of morpholine rings is 1. The zero-order chi connectivity index (χ0) is 14.6. The topological polar surface area (TPSA) is 105 Å². The first kappa shape index (κ1) is 14.6. The highest BCUT2D eigenvalue weighted by Gasteiger charge is 2.26. The molecule has 0 spiro atoms. The molecule has 0 aromatic heterocycles. The quantitative estimate of drug-likeness (QED) is 0.478. The van der Waals surface area contributed by atoms with Gasteiger partial charge in [-0.25, -0.2) is 8.42 Å². The van der Waals surface area contributed by atoms with Crippen LogP contribution >= 0.6 is 0 Å². The average molecular weight is 298 g/mol. The molecule has 8 nitrogen and oxygen atoms in total. The van der Waals surface area contributed by atoms with E-state index in [-0.39, 0.29) is 10.6 Å². The Bertz CT molecular complexity index is 634. The van der Waals surface area contributed by atoms with Gasteiger partial charge in [0.25, 0.3) is 0 Å². The van der Waals surface area contributed by atoms with Crippen molar-refractivity contribution >= 4 is 15.7 Å². The van der Waals surface area contributed by atoms with Gasteiger partial charge in [0.2, 0.25) is 10.0 Å². The number of hydrogen-bond acceptors (Lipinski definition) is 5. The van der Waals surface area contributed by atoms with Crippen LogP contribution in [0.3, 0.4) is 0 Å². The van der Waals surface area contributed by atoms with Gasteiger partial charge in [0.15, 0.2) is 0 Å². The molecule has 0 amide bonds. The number of sulfonamides is 1. The first-order valence-electron chi connectivity index (χ1n) is 5.90. The van der Waals surface area contributed by atoms with E-state index in [9.17, 15) is 8.42 Å². The maximum absolute atomic E-state index is 12.4. The van der Waals surface area contributed by atoms with Crippen LogP contribution in [-0.2, 0) is 14.8 Å². The summed E-state index contributed by atoms with van der Waals surface area (Å²) in [5.41, 5.74) is 8.65. The Morgan fingerprint density at radius 2 is 2.10 bits per heavy atom. The number of hydrogen-bond donors (Lipinski definition) is 0. The fraction of sp³-hybridized carbons (Fsp3) is 0.455. The van der Waals surface area contributed by atoms with Crippen LogP contribution in [0.25, 0.3) is 10.4 Å². The van der Waals surface area contributed by atoms with Gasteiger partial charge in [-0.05, 0) is 23.7 Å². The summed E-state index contributed by atoms with van der Waals surface area (Å²) in [6.45, 7) is 1.37. The lowest BCUT2D eigenvalue weighted by molar-refractivity contribution is 0.0730. The van der Waals surface area contributed by atoms with E-state index in [2.05, 4.69) is 10.0 Å². The summed E-state index contributed by atoms with van der Waals surface area (Å²) in [5, 5.41) is 3.44. The summed E-state index contributed by atoms with van der Waals surface area (Å²) in [6.07, 6.45) is 0. The second-order valence-electron chi connectivity index (χ2n) is 4.04. The lowest BCUT2D eigenvalue weighted by atomic mass is 10.3. The van der Waals surface area contributed by atoms with Crippen LogP contribution in [0.1, 0.15) is 0 Å². The number of methoxy groups -OCH3 is 1. The molecule has 108 valence electrons. The van der Waals surface area contributed by atoms with Crippen LogP contribution < -0.4 is 4.74 Å². The molecule has 2 rings (SSSR count). The molecule has 0 atom stereocenters. The maximum atomic E-state index is 12.4. The summed E-state index contributed by atoms with van der Waals surface area (Å²) < 4.78 is 36.4. The van der Waals surface area contributed by atoms with E-state index >= 15 is 0 Å². The molecule has 1 aromatic rings. The summed E-state index contributed by atoms with van der Waals surface area (Å²) in [7, 11) is -2.19. The van der Waals surface area contributed by atoms with E-state index in [0.29, 0.717) is 32.1 Å². The fourth-order valence-corrected chi connectivity index (χ4v) is 3.32. The van der Waals surface area contributed by atoms with Crippen molar-refractivity contribution in [2.45, 2.75) is 4.90 Å². The molecule has 0 saturated carbocycles. The van der Waals surface area contributed by atoms with Gasteiger partial charge in [-0.1, -0.05) is 5.11 Å². The Balaban J connectivity index is 2.41. The second-order valence-corrected chi connectivity index (χ2v) is 5.98. The third-order valence-electron chi connectivity index (χ3n) is 2.91. The molecular weight excluding hydrogens is 284 g/mol. The van der Waals surface area contributed by atoms with Gasteiger partial charge in [-0.3, -0.25) is 0 Å². The van der Waals surface area contributed by atoms with Crippen LogP contribution in [0.2, 0.25) is 0 Å². The Morgan fingerprint density at radius 3 is 2.70 bits per heavy atom. The van der Waals surface area contributed by atoms with Crippen molar-refractivity contribution in [3.8, 4) is 5.75 Å². The highest BCUT2D eigenvalue weighted by atomic mass is 32.2. The Hall–Kier alpha value is -1.80. The molecule has 1 aliphatic heterocycles. The molecule has 1 aliphatic rings. The maximum Gasteiger partial charge on any atom is 0.243 e. The largest absolute Gasteiger partial charge is 0.496 e. The minimum Gasteiger partial charge on any atom is -0.496 e. The summed E-state index contributed by atoms with van der Waals surface area (Å²) in [5.74, 6) is 0.323. The summed E-state index contributed by atoms with van der Waals surface area (Å²) >= 11 is 0. The second kappa shape index (κ2) is 6.10. The third-order valence-corrected chi connectivity index (χ3v) is 4.81. The van der Waals surface area contributed by atoms with E-state index < -0.39 is 10.0 Å². The lowest BCUT2D eigenvalue weighted by Gasteiger charge is -2.26. The minimum atomic E-state index is -3.61. The van der Waals surface area contributed by atoms with E-state index in [4.69, 9.17) is 15.0 Å². The lowest BCUT2D eigenvalue weighted by Crippen LogP contribution is -2.40. The highest BCUT2D eigenvalue weighted by molar-refractivity contribution is 7.89. The summed E-state index contributed by atoms with van der Waals surface area (Å²) in [4.78, 5) is 2.74. The van der Waals surface area contributed by atoms with Crippen molar-refractivity contribution in [1.29, 1.82) is 0 Å². The third kappa shape index (κ3) is 2.86. The molecule has 20 heavy (non-hydrogen) atoms. The van der Waals surface area contributed by atoms with Crippen LogP contribution in [0.15, 0.2) is 28.2 Å². The molecule has 0 N–H and O–H groups in total. The average Bonchev–Trinajstić information content (AvgIpc) is 2.48. The molecule has 0 aliphatic carbocycles. The Kier molecular flexibility index (Phi) is 4.46. The predicted molar refractivity (Wildman–Crippen MR) is 71.4 cm³/mol. The van der Waals surface area contributed by atoms with E-state index in [1.165, 1.54) is 29.6 Å². The smallest absolute Gasteiger partial charge is 0.243 e. The molecule has 0 radical (unpaired) electrons. The van der Waals surface area contributed by atoms with E-state index in [0.717, 1.165) is 0 Å². The monoisotopic (exact) mass is 298 g/mol. The van der Waals surface area contributed by atoms with Crippen LogP contribution in [0, 0.1) is 0 Å². The van der Waals surface area contributed by atoms with Crippen LogP contribution in [0.4, 0.5) is 5.69 Å². The van der Waals surface area contributed by atoms with Gasteiger partial charge in [-0.15, -0.1) is 0 Å². The first-order chi connectivity index (χ1) is 9.59. The van der Waals surface area contributed by atoms with Crippen molar-refractivity contribution in [2.75, 3.05) is 33.4 Å². The number of nitrogens with zero attached hydrogens (tertiary/aromatic N) is 4.